The van der Waals surface area contributed by atoms with E-state index in [1.807, 2.05) is 24.3 Å². The van der Waals surface area contributed by atoms with E-state index < -0.39 is 0 Å². The number of carbonyl (C=O) groups is 1. The zero-order valence-corrected chi connectivity index (χ0v) is 16.0. The van der Waals surface area contributed by atoms with Crippen molar-refractivity contribution in [1.82, 2.24) is 4.90 Å². The summed E-state index contributed by atoms with van der Waals surface area (Å²) in [7, 11) is 0. The van der Waals surface area contributed by atoms with Crippen molar-refractivity contribution in [3.8, 4) is 5.75 Å². The van der Waals surface area contributed by atoms with Crippen molar-refractivity contribution in [1.29, 1.82) is 0 Å². The van der Waals surface area contributed by atoms with Crippen LogP contribution in [0.4, 0.5) is 10.1 Å². The monoisotopic (exact) mass is 376 g/mol. The van der Waals surface area contributed by atoms with Crippen molar-refractivity contribution >= 4 is 23.4 Å². The van der Waals surface area contributed by atoms with Crippen LogP contribution in [0, 0.1) is 5.82 Å². The third-order valence-corrected chi connectivity index (χ3v) is 4.92. The molecule has 1 N–H and O–H groups in total. The van der Waals surface area contributed by atoms with Gasteiger partial charge < -0.3 is 15.0 Å². The Morgan fingerprint density at radius 3 is 2.50 bits per heavy atom. The number of nitrogens with one attached hydrogen (secondary N) is 1. The molecule has 4 nitrogen and oxygen atoms in total. The molecule has 0 atom stereocenters. The molecule has 0 radical (unpaired) electrons. The van der Waals surface area contributed by atoms with Crippen molar-refractivity contribution in [3.63, 3.8) is 0 Å². The topological polar surface area (TPSA) is 41.6 Å². The highest BCUT2D eigenvalue weighted by Gasteiger charge is 2.09. The first kappa shape index (κ1) is 20.3. The fraction of sp³-hybridized carbons (Fsp3) is 0.350. The summed E-state index contributed by atoms with van der Waals surface area (Å²) in [6, 6.07) is 13.5. The second-order valence-corrected chi connectivity index (χ2v) is 6.71. The lowest BCUT2D eigenvalue weighted by molar-refractivity contribution is -0.113. The number of nitrogens with zero attached hydrogens (tertiary/aromatic N) is 1. The Morgan fingerprint density at radius 2 is 1.81 bits per heavy atom. The molecule has 0 fully saturated rings. The smallest absolute Gasteiger partial charge is 0.234 e. The Morgan fingerprint density at radius 1 is 1.12 bits per heavy atom. The average molecular weight is 376 g/mol. The fourth-order valence-electron chi connectivity index (χ4n) is 2.39. The molecule has 2 aromatic rings. The van der Waals surface area contributed by atoms with Gasteiger partial charge in [-0.15, -0.1) is 11.8 Å². The molecule has 0 unspecified atom stereocenters. The van der Waals surface area contributed by atoms with Gasteiger partial charge in [-0.05, 0) is 49.5 Å². The number of hydrogen-bond donors (Lipinski definition) is 1. The van der Waals surface area contributed by atoms with E-state index in [0.717, 1.165) is 24.5 Å². The van der Waals surface area contributed by atoms with E-state index in [1.165, 1.54) is 23.9 Å². The number of likely N-dealkylation sites (N-methyl/N-ethyl adjacent to an activating group) is 1. The summed E-state index contributed by atoms with van der Waals surface area (Å²) in [5, 5.41) is 2.89. The molecule has 1 amide bonds. The number of amides is 1. The number of para-hydroxylation sites is 2. The Labute approximate surface area is 158 Å². The standard InChI is InChI=1S/C20H25FN2O2S/c1-3-23(4-2)13-14-25-19-8-6-5-7-18(19)22-20(24)15-26-17-11-9-16(21)10-12-17/h5-12H,3-4,13-15H2,1-2H3,(H,22,24). The van der Waals surface area contributed by atoms with Crippen molar-refractivity contribution < 1.29 is 13.9 Å². The van der Waals surface area contributed by atoms with Gasteiger partial charge in [0.25, 0.3) is 0 Å². The van der Waals surface area contributed by atoms with Gasteiger partial charge in [0.2, 0.25) is 5.91 Å². The van der Waals surface area contributed by atoms with Gasteiger partial charge in [-0.25, -0.2) is 4.39 Å². The maximum atomic E-state index is 12.9. The minimum atomic E-state index is -0.283. The summed E-state index contributed by atoms with van der Waals surface area (Å²) in [6.07, 6.45) is 0. The number of carbonyl (C=O) groups excluding carboxylic acids is 1. The summed E-state index contributed by atoms with van der Waals surface area (Å²) in [6.45, 7) is 7.62. The lowest BCUT2D eigenvalue weighted by Crippen LogP contribution is -2.28. The second kappa shape index (κ2) is 10.8. The van der Waals surface area contributed by atoms with E-state index in [2.05, 4.69) is 24.1 Å². The van der Waals surface area contributed by atoms with Crippen LogP contribution in [-0.2, 0) is 4.79 Å². The number of ether oxygens (including phenoxy) is 1. The Hall–Kier alpha value is -2.05. The molecule has 0 bridgehead atoms. The first-order valence-corrected chi connectivity index (χ1v) is 9.73. The van der Waals surface area contributed by atoms with Gasteiger partial charge in [0, 0.05) is 11.4 Å². The highest BCUT2D eigenvalue weighted by molar-refractivity contribution is 8.00. The lowest BCUT2D eigenvalue weighted by atomic mass is 10.3. The molecule has 2 rings (SSSR count). The predicted molar refractivity (Wildman–Crippen MR) is 105 cm³/mol. The van der Waals surface area contributed by atoms with Crippen LogP contribution in [0.15, 0.2) is 53.4 Å². The van der Waals surface area contributed by atoms with Crippen molar-refractivity contribution in [3.05, 3.63) is 54.3 Å². The minimum Gasteiger partial charge on any atom is -0.490 e. The summed E-state index contributed by atoms with van der Waals surface area (Å²) < 4.78 is 18.8. The maximum absolute atomic E-state index is 12.9. The van der Waals surface area contributed by atoms with Gasteiger partial charge in [-0.2, -0.15) is 0 Å². The van der Waals surface area contributed by atoms with Crippen LogP contribution in [-0.4, -0.2) is 42.8 Å². The Bertz CT molecular complexity index is 690. The van der Waals surface area contributed by atoms with Gasteiger partial charge in [-0.3, -0.25) is 4.79 Å². The van der Waals surface area contributed by atoms with Gasteiger partial charge >= 0.3 is 0 Å². The molecule has 0 aliphatic heterocycles. The summed E-state index contributed by atoms with van der Waals surface area (Å²) in [4.78, 5) is 15.3. The molecule has 0 aromatic heterocycles. The van der Waals surface area contributed by atoms with E-state index >= 15 is 0 Å². The molecule has 0 aliphatic carbocycles. The molecule has 6 heteroatoms. The summed E-state index contributed by atoms with van der Waals surface area (Å²) in [5.74, 6) is 0.507. The summed E-state index contributed by atoms with van der Waals surface area (Å²) >= 11 is 1.36. The third-order valence-electron chi connectivity index (χ3n) is 3.90. The quantitative estimate of drug-likeness (QED) is 0.629. The number of halogens is 1. The molecule has 26 heavy (non-hydrogen) atoms. The first-order valence-electron chi connectivity index (χ1n) is 8.74. The normalized spacial score (nSPS) is 10.8. The SMILES string of the molecule is CCN(CC)CCOc1ccccc1NC(=O)CSc1ccc(F)cc1. The molecule has 0 saturated carbocycles. The van der Waals surface area contributed by atoms with Crippen LogP contribution in [0.2, 0.25) is 0 Å². The highest BCUT2D eigenvalue weighted by atomic mass is 32.2. The van der Waals surface area contributed by atoms with Gasteiger partial charge in [0.15, 0.2) is 0 Å². The molecule has 0 heterocycles. The molecular weight excluding hydrogens is 351 g/mol. The molecule has 0 saturated heterocycles. The van der Waals surface area contributed by atoms with Crippen molar-refractivity contribution in [2.24, 2.45) is 0 Å². The molecule has 140 valence electrons. The lowest BCUT2D eigenvalue weighted by Gasteiger charge is -2.19. The second-order valence-electron chi connectivity index (χ2n) is 5.66. The van der Waals surface area contributed by atoms with Crippen LogP contribution in [0.3, 0.4) is 0 Å². The van der Waals surface area contributed by atoms with Crippen LogP contribution in [0.25, 0.3) is 0 Å². The van der Waals surface area contributed by atoms with E-state index in [0.29, 0.717) is 18.0 Å². The number of thioether (sulfide) groups is 1. The average Bonchev–Trinajstić information content (AvgIpc) is 2.66. The molecule has 0 aliphatic rings. The van der Waals surface area contributed by atoms with E-state index in [-0.39, 0.29) is 17.5 Å². The Balaban J connectivity index is 1.86. The highest BCUT2D eigenvalue weighted by Crippen LogP contribution is 2.25. The number of benzene rings is 2. The predicted octanol–water partition coefficient (Wildman–Crippen LogP) is 4.28. The van der Waals surface area contributed by atoms with Crippen LogP contribution >= 0.6 is 11.8 Å². The van der Waals surface area contributed by atoms with E-state index in [9.17, 15) is 9.18 Å². The maximum Gasteiger partial charge on any atom is 0.234 e. The molecule has 0 spiro atoms. The number of rotatable bonds is 10. The zero-order chi connectivity index (χ0) is 18.8. The largest absolute Gasteiger partial charge is 0.490 e. The van der Waals surface area contributed by atoms with Crippen LogP contribution < -0.4 is 10.1 Å². The van der Waals surface area contributed by atoms with E-state index in [1.54, 1.807) is 12.1 Å². The number of hydrogen-bond acceptors (Lipinski definition) is 4. The first-order chi connectivity index (χ1) is 12.6. The van der Waals surface area contributed by atoms with Crippen molar-refractivity contribution in [2.45, 2.75) is 18.7 Å². The number of anilines is 1. The third kappa shape index (κ3) is 6.69. The van der Waals surface area contributed by atoms with Crippen LogP contribution in [0.1, 0.15) is 13.8 Å². The Kier molecular flexibility index (Phi) is 8.44. The molecular formula is C20H25FN2O2S. The van der Waals surface area contributed by atoms with E-state index in [4.69, 9.17) is 4.74 Å². The van der Waals surface area contributed by atoms with Gasteiger partial charge in [0.05, 0.1) is 11.4 Å². The van der Waals surface area contributed by atoms with Gasteiger partial charge in [0.1, 0.15) is 18.2 Å². The van der Waals surface area contributed by atoms with Crippen molar-refractivity contribution in [2.75, 3.05) is 37.3 Å². The van der Waals surface area contributed by atoms with Gasteiger partial charge in [-0.1, -0.05) is 26.0 Å². The van der Waals surface area contributed by atoms with Crippen LogP contribution in [0.5, 0.6) is 5.75 Å². The minimum absolute atomic E-state index is 0.126. The summed E-state index contributed by atoms with van der Waals surface area (Å²) in [5.41, 5.74) is 0.664. The molecule has 2 aromatic carbocycles. The zero-order valence-electron chi connectivity index (χ0n) is 15.2. The fourth-order valence-corrected chi connectivity index (χ4v) is 3.08.